The molecule has 2 aliphatic rings. The smallest absolute Gasteiger partial charge is 0.417 e. The number of likely N-dealkylation sites (tertiary alicyclic amines) is 1. The summed E-state index contributed by atoms with van der Waals surface area (Å²) in [5.74, 6) is -0.499. The van der Waals surface area contributed by atoms with E-state index in [2.05, 4.69) is 10.3 Å². The molecule has 7 rings (SSSR count). The van der Waals surface area contributed by atoms with Crippen LogP contribution in [0.3, 0.4) is 0 Å². The molecule has 2 fully saturated rings. The molecule has 14 nitrogen and oxygen atoms in total. The third kappa shape index (κ3) is 12.3. The van der Waals surface area contributed by atoms with Crippen LogP contribution in [-0.4, -0.2) is 101 Å². The first kappa shape index (κ1) is 55.0. The van der Waals surface area contributed by atoms with Gasteiger partial charge in [-0.15, -0.1) is 11.3 Å². The first-order valence-electron chi connectivity index (χ1n) is 24.1. The van der Waals surface area contributed by atoms with Crippen molar-refractivity contribution < 1.29 is 51.7 Å². The van der Waals surface area contributed by atoms with E-state index in [-0.39, 0.29) is 49.2 Å². The molecule has 0 aliphatic carbocycles. The number of carbonyl (C=O) groups excluding carboxylic acids is 4. The molecular formula is C55H59F3N6O8S2. The van der Waals surface area contributed by atoms with Crippen LogP contribution < -0.4 is 24.6 Å². The van der Waals surface area contributed by atoms with E-state index in [1.54, 1.807) is 60.4 Å². The number of thiocarbonyl (C=S) groups is 1. The van der Waals surface area contributed by atoms with Crippen LogP contribution >= 0.6 is 23.6 Å². The van der Waals surface area contributed by atoms with E-state index in [0.29, 0.717) is 43.1 Å². The van der Waals surface area contributed by atoms with Gasteiger partial charge in [-0.05, 0) is 117 Å². The average molecular weight is 1050 g/mol. The van der Waals surface area contributed by atoms with E-state index in [4.69, 9.17) is 26.4 Å². The van der Waals surface area contributed by atoms with Crippen molar-refractivity contribution in [1.29, 1.82) is 5.26 Å². The number of Topliss-reactive ketones (excluding diaryl/α,β-unsaturated/α-hetero) is 1. The fourth-order valence-electron chi connectivity index (χ4n) is 9.13. The van der Waals surface area contributed by atoms with Crippen LogP contribution in [0.2, 0.25) is 0 Å². The second-order valence-electron chi connectivity index (χ2n) is 19.9. The van der Waals surface area contributed by atoms with Gasteiger partial charge in [0, 0.05) is 43.3 Å². The summed E-state index contributed by atoms with van der Waals surface area (Å²) in [6, 6.07) is 23.4. The van der Waals surface area contributed by atoms with Gasteiger partial charge in [-0.25, -0.2) is 4.98 Å². The molecule has 3 atom stereocenters. The van der Waals surface area contributed by atoms with Crippen molar-refractivity contribution in [3.05, 3.63) is 113 Å². The number of methoxy groups -OCH3 is 1. The predicted molar refractivity (Wildman–Crippen MR) is 280 cm³/mol. The lowest BCUT2D eigenvalue weighted by Gasteiger charge is -2.35. The van der Waals surface area contributed by atoms with Crippen LogP contribution in [0.1, 0.15) is 82.7 Å². The van der Waals surface area contributed by atoms with Gasteiger partial charge in [-0.1, -0.05) is 57.2 Å². The minimum atomic E-state index is -4.82. The Morgan fingerprint density at radius 1 is 0.973 bits per heavy atom. The van der Waals surface area contributed by atoms with E-state index in [9.17, 15) is 42.7 Å². The number of alkyl halides is 3. The third-order valence-electron chi connectivity index (χ3n) is 13.1. The Hall–Kier alpha value is -6.72. The van der Waals surface area contributed by atoms with Crippen LogP contribution in [0.5, 0.6) is 11.5 Å². The number of aromatic nitrogens is 1. The molecule has 3 heterocycles. The summed E-state index contributed by atoms with van der Waals surface area (Å²) < 4.78 is 58.8. The lowest BCUT2D eigenvalue weighted by molar-refractivity contribution is -0.144. The Morgan fingerprint density at radius 3 is 2.28 bits per heavy atom. The molecule has 2 aliphatic heterocycles. The number of thiazole rings is 1. The molecule has 2 saturated heterocycles. The van der Waals surface area contributed by atoms with Gasteiger partial charge >= 0.3 is 6.18 Å². The molecule has 0 spiro atoms. The highest BCUT2D eigenvalue weighted by Crippen LogP contribution is 2.41. The molecule has 0 saturated carbocycles. The maximum Gasteiger partial charge on any atom is 0.417 e. The summed E-state index contributed by atoms with van der Waals surface area (Å²) in [4.78, 5) is 64.0. The number of aliphatic hydroxyl groups is 1. The standard InChI is InChI=1S/C55H59F3N6O8S2/c1-33-48(74-32-60-33)36-13-10-34(11-14-36)12-23-45(66)44-27-40(65)30-62(44)50(68)49(53(2,3)4)61-47(67)31-71-24-8-9-25-72-41-21-22-42(46(28-41)70-7)35-15-18-38(19-16-35)64-52(73)63(51(69)54(64,5)6)39-20-17-37(29-59)43(26-39)55(56,57)58/h10-11,13-22,26,28,32,40,44,49,65H,8-9,12,23-25,27,30-31H2,1-7H3,(H,61,67)/t40-,44+,49-/m1/s1. The number of ketones is 1. The summed E-state index contributed by atoms with van der Waals surface area (Å²) in [7, 11) is 1.53. The zero-order valence-corrected chi connectivity index (χ0v) is 43.9. The van der Waals surface area contributed by atoms with Crippen molar-refractivity contribution in [1.82, 2.24) is 15.2 Å². The minimum absolute atomic E-state index is 0.00275. The Bertz CT molecular complexity index is 2930. The number of nitrogens with one attached hydrogen (secondary N) is 1. The molecule has 19 heteroatoms. The van der Waals surface area contributed by atoms with Gasteiger partial charge in [0.25, 0.3) is 5.91 Å². The van der Waals surface area contributed by atoms with Gasteiger partial charge < -0.3 is 34.4 Å². The predicted octanol–water partition coefficient (Wildman–Crippen LogP) is 9.47. The van der Waals surface area contributed by atoms with Crippen LogP contribution in [0.4, 0.5) is 24.5 Å². The molecule has 4 aromatic carbocycles. The van der Waals surface area contributed by atoms with Crippen molar-refractivity contribution in [2.24, 2.45) is 5.41 Å². The van der Waals surface area contributed by atoms with Gasteiger partial charge in [0.15, 0.2) is 10.9 Å². The van der Waals surface area contributed by atoms with E-state index >= 15 is 0 Å². The summed E-state index contributed by atoms with van der Waals surface area (Å²) in [5, 5.41) is 22.7. The number of ether oxygens (including phenoxy) is 3. The molecule has 2 N–H and O–H groups in total. The number of carbonyl (C=O) groups is 4. The fraction of sp³-hybridized carbons (Fsp3) is 0.400. The number of nitrogens with zero attached hydrogens (tertiary/aromatic N) is 5. The van der Waals surface area contributed by atoms with Crippen LogP contribution in [-0.2, 0) is 36.5 Å². The van der Waals surface area contributed by atoms with Gasteiger partial charge in [-0.3, -0.25) is 24.1 Å². The highest BCUT2D eigenvalue weighted by molar-refractivity contribution is 7.81. The Balaban J connectivity index is 0.867. The van der Waals surface area contributed by atoms with E-state index in [1.807, 2.05) is 75.7 Å². The highest BCUT2D eigenvalue weighted by Gasteiger charge is 2.51. The largest absolute Gasteiger partial charge is 0.496 e. The molecule has 0 bridgehead atoms. The maximum atomic E-state index is 14.1. The van der Waals surface area contributed by atoms with E-state index in [1.165, 1.54) is 18.1 Å². The van der Waals surface area contributed by atoms with Crippen LogP contribution in [0.25, 0.3) is 21.6 Å². The maximum absolute atomic E-state index is 14.1. The Labute approximate surface area is 438 Å². The third-order valence-corrected chi connectivity index (χ3v) is 14.5. The monoisotopic (exact) mass is 1050 g/mol. The Kier molecular flexibility index (Phi) is 17.0. The van der Waals surface area contributed by atoms with Crippen molar-refractivity contribution in [3.63, 3.8) is 0 Å². The first-order valence-corrected chi connectivity index (χ1v) is 25.4. The number of benzene rings is 4. The lowest BCUT2D eigenvalue weighted by atomic mass is 9.85. The van der Waals surface area contributed by atoms with Crippen molar-refractivity contribution >= 4 is 63.5 Å². The molecule has 5 aromatic rings. The molecule has 0 unspecified atom stereocenters. The first-order chi connectivity index (χ1) is 35.0. The average Bonchev–Trinajstić information content (AvgIpc) is 4.03. The van der Waals surface area contributed by atoms with Gasteiger partial charge in [-0.2, -0.15) is 18.4 Å². The lowest BCUT2D eigenvalue weighted by Crippen LogP contribution is -2.57. The van der Waals surface area contributed by atoms with Crippen LogP contribution in [0.15, 0.2) is 90.4 Å². The van der Waals surface area contributed by atoms with Gasteiger partial charge in [0.1, 0.15) is 29.7 Å². The van der Waals surface area contributed by atoms with Crippen molar-refractivity contribution in [2.75, 3.05) is 43.3 Å². The molecular weight excluding hydrogens is 994 g/mol. The summed E-state index contributed by atoms with van der Waals surface area (Å²) in [6.45, 7) is 11.0. The molecule has 74 heavy (non-hydrogen) atoms. The van der Waals surface area contributed by atoms with E-state index in [0.717, 1.165) is 49.9 Å². The molecule has 390 valence electrons. The number of amides is 3. The van der Waals surface area contributed by atoms with Crippen LogP contribution in [0, 0.1) is 23.7 Å². The number of rotatable bonds is 19. The SMILES string of the molecule is COc1cc(OCCCCOCC(=O)N[C@H](C(=O)N2C[C@H](O)C[C@H]2C(=O)CCc2ccc(-c3scnc3C)cc2)C(C)(C)C)ccc1-c1ccc(N2C(=S)N(c3ccc(C#N)c(C(F)(F)F)c3)C(=O)C2(C)C)cc1. The number of hydrogen-bond donors (Lipinski definition) is 2. The van der Waals surface area contributed by atoms with Crippen molar-refractivity contribution in [3.8, 4) is 39.1 Å². The molecule has 0 radical (unpaired) electrons. The molecule has 3 amide bonds. The zero-order valence-electron chi connectivity index (χ0n) is 42.2. The Morgan fingerprint density at radius 2 is 1.65 bits per heavy atom. The number of halogens is 3. The number of aryl methyl sites for hydroxylation is 2. The second kappa shape index (κ2) is 22.8. The second-order valence-corrected chi connectivity index (χ2v) is 21.1. The molecule has 1 aromatic heterocycles. The zero-order chi connectivity index (χ0) is 53.7. The van der Waals surface area contributed by atoms with Gasteiger partial charge in [0.05, 0.1) is 64.8 Å². The van der Waals surface area contributed by atoms with Crippen molar-refractivity contribution in [2.45, 2.75) is 104 Å². The highest BCUT2D eigenvalue weighted by atomic mass is 32.1. The number of anilines is 2. The number of unbranched alkanes of at least 4 members (excludes halogenated alkanes) is 1. The quantitative estimate of drug-likeness (QED) is 0.0593. The normalized spacial score (nSPS) is 17.1. The minimum Gasteiger partial charge on any atom is -0.496 e. The fourth-order valence-corrected chi connectivity index (χ4v) is 10.5. The number of nitriles is 1. The topological polar surface area (TPSA) is 175 Å². The number of hydrogen-bond acceptors (Lipinski definition) is 12. The summed E-state index contributed by atoms with van der Waals surface area (Å²) in [6.07, 6.45) is -3.69. The number of β-amino-alcohol motifs (C(OH)–C–C–N with tert-alkyl or cyclic N) is 1. The summed E-state index contributed by atoms with van der Waals surface area (Å²) >= 11 is 7.26. The van der Waals surface area contributed by atoms with E-state index < -0.39 is 64.2 Å². The number of aliphatic hydroxyl groups excluding tert-OH is 1. The summed E-state index contributed by atoms with van der Waals surface area (Å²) in [5.41, 5.74) is 3.08. The van der Waals surface area contributed by atoms with Gasteiger partial charge in [0.2, 0.25) is 11.8 Å².